The highest BCUT2D eigenvalue weighted by molar-refractivity contribution is 6.23. The number of halogens is 1. The van der Waals surface area contributed by atoms with Crippen molar-refractivity contribution in [1.82, 2.24) is 15.3 Å². The van der Waals surface area contributed by atoms with Crippen molar-refractivity contribution in [3.8, 4) is 0 Å². The molecule has 2 aromatic carbocycles. The quantitative estimate of drug-likeness (QED) is 0.647. The summed E-state index contributed by atoms with van der Waals surface area (Å²) in [6.07, 6.45) is 2.41. The van der Waals surface area contributed by atoms with Gasteiger partial charge in [0.25, 0.3) is 5.91 Å². The molecule has 4 nitrogen and oxygen atoms in total. The molecule has 0 aliphatic carbocycles. The maximum atomic E-state index is 14.1. The fraction of sp³-hybridized carbons (Fsp3) is 0.238. The van der Waals surface area contributed by atoms with E-state index in [0.29, 0.717) is 29.4 Å². The zero-order chi connectivity index (χ0) is 18.5. The molecule has 2 N–H and O–H groups in total. The molecule has 134 valence electrons. The first-order chi connectivity index (χ1) is 12.5. The first-order valence-corrected chi connectivity index (χ1v) is 8.74. The van der Waals surface area contributed by atoms with Gasteiger partial charge in [-0.1, -0.05) is 44.2 Å². The van der Waals surface area contributed by atoms with Crippen LogP contribution in [-0.2, 0) is 4.79 Å². The first kappa shape index (κ1) is 17.9. The van der Waals surface area contributed by atoms with E-state index < -0.39 is 0 Å². The van der Waals surface area contributed by atoms with Gasteiger partial charge in [0.2, 0.25) is 0 Å². The average Bonchev–Trinajstić information content (AvgIpc) is 3.04. The van der Waals surface area contributed by atoms with E-state index in [0.717, 1.165) is 17.5 Å². The van der Waals surface area contributed by atoms with Crippen LogP contribution < -0.4 is 5.32 Å². The van der Waals surface area contributed by atoms with E-state index in [1.54, 1.807) is 18.2 Å². The Bertz CT molecular complexity index is 910. The lowest BCUT2D eigenvalue weighted by Crippen LogP contribution is -2.26. The van der Waals surface area contributed by atoms with Crippen molar-refractivity contribution in [1.29, 1.82) is 0 Å². The van der Waals surface area contributed by atoms with Crippen LogP contribution >= 0.6 is 0 Å². The minimum Gasteiger partial charge on any atom is -0.352 e. The summed E-state index contributed by atoms with van der Waals surface area (Å²) in [7, 11) is 0. The van der Waals surface area contributed by atoms with E-state index >= 15 is 0 Å². The number of nitrogens with zero attached hydrogens (tertiary/aromatic N) is 1. The van der Waals surface area contributed by atoms with Gasteiger partial charge in [-0.3, -0.25) is 4.79 Å². The smallest absolute Gasteiger partial charge is 0.255 e. The number of para-hydroxylation sites is 2. The number of aromatic nitrogens is 2. The van der Waals surface area contributed by atoms with Gasteiger partial charge >= 0.3 is 0 Å². The van der Waals surface area contributed by atoms with Crippen LogP contribution in [-0.4, -0.2) is 22.4 Å². The summed E-state index contributed by atoms with van der Waals surface area (Å²) in [4.78, 5) is 20.4. The minimum absolute atomic E-state index is 0.270. The summed E-state index contributed by atoms with van der Waals surface area (Å²) in [5.74, 6) is 0.265. The van der Waals surface area contributed by atoms with Gasteiger partial charge in [-0.25, -0.2) is 9.37 Å². The van der Waals surface area contributed by atoms with E-state index in [-0.39, 0.29) is 11.7 Å². The van der Waals surface area contributed by atoms with Crippen LogP contribution in [0.2, 0.25) is 0 Å². The number of rotatable bonds is 6. The molecule has 0 aliphatic rings. The van der Waals surface area contributed by atoms with E-state index in [1.165, 1.54) is 12.1 Å². The van der Waals surface area contributed by atoms with Crippen molar-refractivity contribution in [2.24, 2.45) is 5.92 Å². The predicted molar refractivity (Wildman–Crippen MR) is 103 cm³/mol. The summed E-state index contributed by atoms with van der Waals surface area (Å²) in [6.45, 7) is 4.76. The zero-order valence-corrected chi connectivity index (χ0v) is 14.9. The molecule has 0 atom stereocenters. The van der Waals surface area contributed by atoms with Crippen LogP contribution in [0.5, 0.6) is 0 Å². The molecule has 3 aromatic rings. The number of aromatic amines is 1. The van der Waals surface area contributed by atoms with E-state index in [1.807, 2.05) is 24.3 Å². The molecule has 3 rings (SSSR count). The van der Waals surface area contributed by atoms with Gasteiger partial charge in [0.15, 0.2) is 0 Å². The molecule has 0 radical (unpaired) electrons. The van der Waals surface area contributed by atoms with Crippen molar-refractivity contribution in [3.63, 3.8) is 0 Å². The number of hydrogen-bond donors (Lipinski definition) is 2. The maximum Gasteiger partial charge on any atom is 0.255 e. The largest absolute Gasteiger partial charge is 0.352 e. The van der Waals surface area contributed by atoms with Gasteiger partial charge < -0.3 is 10.3 Å². The maximum absolute atomic E-state index is 14.1. The number of amides is 1. The van der Waals surface area contributed by atoms with Gasteiger partial charge in [-0.15, -0.1) is 0 Å². The van der Waals surface area contributed by atoms with Crippen LogP contribution in [0, 0.1) is 11.7 Å². The molecule has 0 fully saturated rings. The van der Waals surface area contributed by atoms with Crippen molar-refractivity contribution in [2.45, 2.75) is 20.3 Å². The summed E-state index contributed by atoms with van der Waals surface area (Å²) in [5, 5.41) is 2.91. The molecular weight excluding hydrogens is 329 g/mol. The van der Waals surface area contributed by atoms with Gasteiger partial charge in [-0.2, -0.15) is 0 Å². The topological polar surface area (TPSA) is 57.8 Å². The number of nitrogens with one attached hydrogen (secondary N) is 2. The second-order valence-corrected chi connectivity index (χ2v) is 6.62. The fourth-order valence-electron chi connectivity index (χ4n) is 2.64. The number of H-pyrrole nitrogens is 1. The molecule has 1 aromatic heterocycles. The second-order valence-electron chi connectivity index (χ2n) is 6.62. The Hall–Kier alpha value is -2.95. The molecule has 5 heteroatoms. The van der Waals surface area contributed by atoms with E-state index in [2.05, 4.69) is 29.1 Å². The van der Waals surface area contributed by atoms with E-state index in [9.17, 15) is 9.18 Å². The average molecular weight is 351 g/mol. The minimum atomic E-state index is -0.379. The number of carbonyl (C=O) groups is 1. The molecular formula is C21H22FN3O. The summed E-state index contributed by atoms with van der Waals surface area (Å²) >= 11 is 0. The third kappa shape index (κ3) is 4.17. The molecule has 0 spiro atoms. The van der Waals surface area contributed by atoms with Crippen LogP contribution in [0.15, 0.2) is 48.5 Å². The third-order valence-electron chi connectivity index (χ3n) is 4.10. The SMILES string of the molecule is CC(C)CCNC(=O)/C(=C/c1ccccc1F)c1nc2ccccc2[nH]1. The van der Waals surface area contributed by atoms with Crippen LogP contribution in [0.25, 0.3) is 22.7 Å². The van der Waals surface area contributed by atoms with Crippen molar-refractivity contribution >= 4 is 28.6 Å². The van der Waals surface area contributed by atoms with Crippen LogP contribution in [0.1, 0.15) is 31.7 Å². The monoisotopic (exact) mass is 351 g/mol. The van der Waals surface area contributed by atoms with Gasteiger partial charge in [0, 0.05) is 12.1 Å². The Morgan fingerprint density at radius 2 is 1.92 bits per heavy atom. The summed E-state index contributed by atoms with van der Waals surface area (Å²) < 4.78 is 14.1. The Kier molecular flexibility index (Phi) is 5.46. The normalized spacial score (nSPS) is 11.9. The number of carbonyl (C=O) groups excluding carboxylic acids is 1. The van der Waals surface area contributed by atoms with Gasteiger partial charge in [-0.05, 0) is 36.6 Å². The highest BCUT2D eigenvalue weighted by Crippen LogP contribution is 2.21. The van der Waals surface area contributed by atoms with Crippen LogP contribution in [0.4, 0.5) is 4.39 Å². The number of benzene rings is 2. The predicted octanol–water partition coefficient (Wildman–Crippen LogP) is 4.40. The van der Waals surface area contributed by atoms with Crippen molar-refractivity contribution in [2.75, 3.05) is 6.54 Å². The molecule has 0 unspecified atom stereocenters. The number of fused-ring (bicyclic) bond motifs is 1. The molecule has 1 heterocycles. The summed E-state index contributed by atoms with van der Waals surface area (Å²) in [5.41, 5.74) is 2.26. The number of imidazole rings is 1. The van der Waals surface area contributed by atoms with Gasteiger partial charge in [0.05, 0.1) is 16.6 Å². The molecule has 1 amide bonds. The highest BCUT2D eigenvalue weighted by atomic mass is 19.1. The Labute approximate surface area is 152 Å². The standard InChI is InChI=1S/C21H22FN3O/c1-14(2)11-12-23-21(26)16(13-15-7-3-4-8-17(15)22)20-24-18-9-5-6-10-19(18)25-20/h3-10,13-14H,11-12H2,1-2H3,(H,23,26)(H,24,25)/b16-13+. The van der Waals surface area contributed by atoms with Crippen molar-refractivity contribution in [3.05, 3.63) is 65.7 Å². The lowest BCUT2D eigenvalue weighted by Gasteiger charge is -2.09. The molecule has 0 saturated carbocycles. The molecule has 26 heavy (non-hydrogen) atoms. The lowest BCUT2D eigenvalue weighted by atomic mass is 10.1. The number of hydrogen-bond acceptors (Lipinski definition) is 2. The Balaban J connectivity index is 1.98. The lowest BCUT2D eigenvalue weighted by molar-refractivity contribution is -0.115. The first-order valence-electron chi connectivity index (χ1n) is 8.74. The fourth-order valence-corrected chi connectivity index (χ4v) is 2.64. The zero-order valence-electron chi connectivity index (χ0n) is 14.9. The Morgan fingerprint density at radius 1 is 1.19 bits per heavy atom. The Morgan fingerprint density at radius 3 is 2.65 bits per heavy atom. The second kappa shape index (κ2) is 7.95. The molecule has 0 saturated heterocycles. The van der Waals surface area contributed by atoms with Crippen LogP contribution in [0.3, 0.4) is 0 Å². The van der Waals surface area contributed by atoms with Crippen molar-refractivity contribution < 1.29 is 9.18 Å². The third-order valence-corrected chi connectivity index (χ3v) is 4.10. The molecule has 0 aliphatic heterocycles. The summed E-state index contributed by atoms with van der Waals surface area (Å²) in [6, 6.07) is 13.9. The van der Waals surface area contributed by atoms with Gasteiger partial charge in [0.1, 0.15) is 11.6 Å². The van der Waals surface area contributed by atoms with E-state index in [4.69, 9.17) is 0 Å². The molecule has 0 bridgehead atoms. The highest BCUT2D eigenvalue weighted by Gasteiger charge is 2.17.